The van der Waals surface area contributed by atoms with Crippen molar-refractivity contribution in [1.82, 2.24) is 0 Å². The molecule has 1 nitrogen and oxygen atoms in total. The summed E-state index contributed by atoms with van der Waals surface area (Å²) in [5.74, 6) is 0. The molecule has 1 aromatic carbocycles. The van der Waals surface area contributed by atoms with E-state index in [2.05, 4.69) is 38.1 Å². The first-order valence-electron chi connectivity index (χ1n) is 5.48. The number of hydrogen-bond acceptors (Lipinski definition) is 1. The zero-order valence-corrected chi connectivity index (χ0v) is 9.20. The normalized spacial score (nSPS) is 12.7. The largest absolute Gasteiger partial charge is 0.378 e. The number of hydrogen-bond donors (Lipinski definition) is 0. The molecule has 0 fully saturated rings. The molecule has 0 amide bonds. The molecule has 78 valence electrons. The summed E-state index contributed by atoms with van der Waals surface area (Å²) in [6.45, 7) is 5.22. The van der Waals surface area contributed by atoms with Gasteiger partial charge in [-0.2, -0.15) is 0 Å². The van der Waals surface area contributed by atoms with Crippen LogP contribution in [-0.4, -0.2) is 12.7 Å². The summed E-state index contributed by atoms with van der Waals surface area (Å²) in [6, 6.07) is 10.5. The lowest BCUT2D eigenvalue weighted by molar-refractivity contribution is 0.0644. The molecular formula is C13H20O. The van der Waals surface area contributed by atoms with Crippen LogP contribution in [0.2, 0.25) is 0 Å². The molecular weight excluding hydrogens is 172 g/mol. The Morgan fingerprint density at radius 1 is 1.21 bits per heavy atom. The summed E-state index contributed by atoms with van der Waals surface area (Å²) in [7, 11) is 0. The highest BCUT2D eigenvalue weighted by molar-refractivity contribution is 5.15. The standard InChI is InChI=1S/C13H20O/c1-3-4-10-14-12(2)11-13-8-6-5-7-9-13/h5-9,12H,3-4,10-11H2,1-2H3. The zero-order chi connectivity index (χ0) is 10.2. The number of ether oxygens (including phenoxy) is 1. The van der Waals surface area contributed by atoms with E-state index in [1.165, 1.54) is 18.4 Å². The minimum atomic E-state index is 0.337. The molecule has 0 aliphatic carbocycles. The van der Waals surface area contributed by atoms with Crippen molar-refractivity contribution in [3.05, 3.63) is 35.9 Å². The molecule has 0 bridgehead atoms. The van der Waals surface area contributed by atoms with E-state index in [1.807, 2.05) is 6.07 Å². The van der Waals surface area contributed by atoms with Crippen LogP contribution >= 0.6 is 0 Å². The van der Waals surface area contributed by atoms with Gasteiger partial charge < -0.3 is 4.74 Å². The molecule has 0 saturated heterocycles. The monoisotopic (exact) mass is 192 g/mol. The lowest BCUT2D eigenvalue weighted by atomic mass is 10.1. The van der Waals surface area contributed by atoms with E-state index < -0.39 is 0 Å². The van der Waals surface area contributed by atoms with Crippen molar-refractivity contribution < 1.29 is 4.74 Å². The van der Waals surface area contributed by atoms with Crippen LogP contribution in [0, 0.1) is 0 Å². The van der Waals surface area contributed by atoms with Crippen LogP contribution in [0.3, 0.4) is 0 Å². The molecule has 0 N–H and O–H groups in total. The van der Waals surface area contributed by atoms with Gasteiger partial charge in [-0.1, -0.05) is 43.7 Å². The van der Waals surface area contributed by atoms with E-state index >= 15 is 0 Å². The van der Waals surface area contributed by atoms with Crippen molar-refractivity contribution in [3.8, 4) is 0 Å². The summed E-state index contributed by atoms with van der Waals surface area (Å²) < 4.78 is 5.69. The molecule has 1 rings (SSSR count). The van der Waals surface area contributed by atoms with Gasteiger partial charge in [-0.15, -0.1) is 0 Å². The van der Waals surface area contributed by atoms with Crippen LogP contribution in [0.4, 0.5) is 0 Å². The number of benzene rings is 1. The average Bonchev–Trinajstić information content (AvgIpc) is 2.20. The Balaban J connectivity index is 2.23. The zero-order valence-electron chi connectivity index (χ0n) is 9.20. The van der Waals surface area contributed by atoms with Crippen LogP contribution in [0.1, 0.15) is 32.3 Å². The first-order valence-corrected chi connectivity index (χ1v) is 5.48. The first-order chi connectivity index (χ1) is 6.83. The number of unbranched alkanes of at least 4 members (excludes halogenated alkanes) is 1. The molecule has 1 heteroatoms. The van der Waals surface area contributed by atoms with Gasteiger partial charge in [0.25, 0.3) is 0 Å². The van der Waals surface area contributed by atoms with E-state index in [0.29, 0.717) is 6.10 Å². The summed E-state index contributed by atoms with van der Waals surface area (Å²) in [5.41, 5.74) is 1.36. The van der Waals surface area contributed by atoms with Crippen molar-refractivity contribution in [2.45, 2.75) is 39.2 Å². The fourth-order valence-electron chi connectivity index (χ4n) is 1.43. The van der Waals surface area contributed by atoms with Gasteiger partial charge >= 0.3 is 0 Å². The Labute approximate surface area is 87.1 Å². The Morgan fingerprint density at radius 2 is 1.93 bits per heavy atom. The van der Waals surface area contributed by atoms with Crippen molar-refractivity contribution in [2.75, 3.05) is 6.61 Å². The lowest BCUT2D eigenvalue weighted by Gasteiger charge is -2.12. The maximum Gasteiger partial charge on any atom is 0.0587 e. The summed E-state index contributed by atoms with van der Waals surface area (Å²) in [6.07, 6.45) is 3.73. The minimum Gasteiger partial charge on any atom is -0.378 e. The summed E-state index contributed by atoms with van der Waals surface area (Å²) >= 11 is 0. The van der Waals surface area contributed by atoms with E-state index in [-0.39, 0.29) is 0 Å². The van der Waals surface area contributed by atoms with E-state index in [4.69, 9.17) is 4.74 Å². The molecule has 0 spiro atoms. The lowest BCUT2D eigenvalue weighted by Crippen LogP contribution is -2.12. The molecule has 0 aromatic heterocycles. The smallest absolute Gasteiger partial charge is 0.0587 e. The number of rotatable bonds is 6. The fourth-order valence-corrected chi connectivity index (χ4v) is 1.43. The third-order valence-corrected chi connectivity index (χ3v) is 2.27. The minimum absolute atomic E-state index is 0.337. The second kappa shape index (κ2) is 6.61. The predicted molar refractivity (Wildman–Crippen MR) is 60.5 cm³/mol. The van der Waals surface area contributed by atoms with Crippen LogP contribution in [0.5, 0.6) is 0 Å². The van der Waals surface area contributed by atoms with Gasteiger partial charge in [0.15, 0.2) is 0 Å². The molecule has 0 saturated carbocycles. The molecule has 1 unspecified atom stereocenters. The molecule has 0 aliphatic heterocycles. The molecule has 0 heterocycles. The predicted octanol–water partition coefficient (Wildman–Crippen LogP) is 3.43. The average molecular weight is 192 g/mol. The van der Waals surface area contributed by atoms with Crippen LogP contribution in [0.15, 0.2) is 30.3 Å². The van der Waals surface area contributed by atoms with Gasteiger partial charge in [0.2, 0.25) is 0 Å². The molecule has 14 heavy (non-hydrogen) atoms. The van der Waals surface area contributed by atoms with Gasteiger partial charge in [0, 0.05) is 6.61 Å². The van der Waals surface area contributed by atoms with Crippen molar-refractivity contribution in [3.63, 3.8) is 0 Å². The third-order valence-electron chi connectivity index (χ3n) is 2.27. The van der Waals surface area contributed by atoms with Crippen LogP contribution in [-0.2, 0) is 11.2 Å². The Hall–Kier alpha value is -0.820. The molecule has 0 aliphatic rings. The highest BCUT2D eigenvalue weighted by Crippen LogP contribution is 2.05. The first kappa shape index (κ1) is 11.3. The Bertz CT molecular complexity index is 230. The maximum absolute atomic E-state index is 5.69. The van der Waals surface area contributed by atoms with Crippen molar-refractivity contribution >= 4 is 0 Å². The van der Waals surface area contributed by atoms with Gasteiger partial charge in [0.1, 0.15) is 0 Å². The summed E-state index contributed by atoms with van der Waals surface area (Å²) in [4.78, 5) is 0. The van der Waals surface area contributed by atoms with Crippen molar-refractivity contribution in [2.24, 2.45) is 0 Å². The quantitative estimate of drug-likeness (QED) is 0.627. The van der Waals surface area contributed by atoms with Crippen LogP contribution < -0.4 is 0 Å². The Morgan fingerprint density at radius 3 is 2.57 bits per heavy atom. The highest BCUT2D eigenvalue weighted by atomic mass is 16.5. The molecule has 1 atom stereocenters. The second-order valence-electron chi connectivity index (χ2n) is 3.72. The highest BCUT2D eigenvalue weighted by Gasteiger charge is 2.02. The van der Waals surface area contributed by atoms with Gasteiger partial charge in [-0.25, -0.2) is 0 Å². The second-order valence-corrected chi connectivity index (χ2v) is 3.72. The van der Waals surface area contributed by atoms with Gasteiger partial charge in [-0.05, 0) is 25.3 Å². The van der Waals surface area contributed by atoms with E-state index in [1.54, 1.807) is 0 Å². The summed E-state index contributed by atoms with van der Waals surface area (Å²) in [5, 5.41) is 0. The van der Waals surface area contributed by atoms with E-state index in [9.17, 15) is 0 Å². The fraction of sp³-hybridized carbons (Fsp3) is 0.538. The van der Waals surface area contributed by atoms with E-state index in [0.717, 1.165) is 13.0 Å². The van der Waals surface area contributed by atoms with Gasteiger partial charge in [0.05, 0.1) is 6.10 Å². The topological polar surface area (TPSA) is 9.23 Å². The van der Waals surface area contributed by atoms with Gasteiger partial charge in [-0.3, -0.25) is 0 Å². The molecule has 1 aromatic rings. The van der Waals surface area contributed by atoms with Crippen LogP contribution in [0.25, 0.3) is 0 Å². The SMILES string of the molecule is CCCCOC(C)Cc1ccccc1. The van der Waals surface area contributed by atoms with Crippen molar-refractivity contribution in [1.29, 1.82) is 0 Å². The Kier molecular flexibility index (Phi) is 5.31. The molecule has 0 radical (unpaired) electrons. The maximum atomic E-state index is 5.69. The third kappa shape index (κ3) is 4.43.